The van der Waals surface area contributed by atoms with Crippen LogP contribution in [0.25, 0.3) is 0 Å². The lowest BCUT2D eigenvalue weighted by molar-refractivity contribution is 0.0581. The molecule has 1 aliphatic heterocycles. The lowest BCUT2D eigenvalue weighted by Crippen LogP contribution is -2.42. The molecule has 0 atom stereocenters. The molecular weight excluding hydrogens is 308 g/mol. The molecule has 5 heteroatoms. The monoisotopic (exact) mass is 326 g/mol. The van der Waals surface area contributed by atoms with Crippen LogP contribution in [0.1, 0.15) is 26.3 Å². The van der Waals surface area contributed by atoms with Gasteiger partial charge >= 0.3 is 6.09 Å². The van der Waals surface area contributed by atoms with Crippen molar-refractivity contribution >= 4 is 33.4 Å². The number of nitrogens with one attached hydrogen (secondary N) is 1. The van der Waals surface area contributed by atoms with Gasteiger partial charge in [-0.05, 0) is 61.3 Å². The van der Waals surface area contributed by atoms with E-state index in [4.69, 9.17) is 4.74 Å². The van der Waals surface area contributed by atoms with Crippen LogP contribution in [-0.4, -0.2) is 24.8 Å². The number of halogens is 1. The van der Waals surface area contributed by atoms with E-state index in [1.54, 1.807) is 4.90 Å². The maximum atomic E-state index is 12.3. The predicted octanol–water partition coefficient (Wildman–Crippen LogP) is 3.92. The number of carbonyl (C=O) groups excluding carboxylic acids is 1. The van der Waals surface area contributed by atoms with E-state index >= 15 is 0 Å². The molecule has 2 rings (SSSR count). The van der Waals surface area contributed by atoms with E-state index < -0.39 is 5.60 Å². The quantitative estimate of drug-likeness (QED) is 0.785. The highest BCUT2D eigenvalue weighted by molar-refractivity contribution is 9.10. The van der Waals surface area contributed by atoms with Crippen molar-refractivity contribution in [3.63, 3.8) is 0 Å². The van der Waals surface area contributed by atoms with Gasteiger partial charge in [-0.2, -0.15) is 0 Å². The van der Waals surface area contributed by atoms with E-state index in [1.165, 1.54) is 0 Å². The predicted molar refractivity (Wildman–Crippen MR) is 80.9 cm³/mol. The number of aryl methyl sites for hydroxylation is 1. The summed E-state index contributed by atoms with van der Waals surface area (Å²) in [5, 5.41) is 3.31. The van der Waals surface area contributed by atoms with E-state index in [0.717, 1.165) is 21.4 Å². The number of ether oxygens (including phenoxy) is 1. The van der Waals surface area contributed by atoms with Crippen molar-refractivity contribution < 1.29 is 9.53 Å². The van der Waals surface area contributed by atoms with Crippen LogP contribution < -0.4 is 10.2 Å². The van der Waals surface area contributed by atoms with Gasteiger partial charge in [0.2, 0.25) is 0 Å². The zero-order valence-electron chi connectivity index (χ0n) is 11.7. The lowest BCUT2D eigenvalue weighted by atomic mass is 10.1. The number of fused-ring (bicyclic) bond motifs is 1. The van der Waals surface area contributed by atoms with Gasteiger partial charge in [0, 0.05) is 17.6 Å². The molecule has 1 N–H and O–H groups in total. The number of nitrogens with zero attached hydrogens (tertiary/aromatic N) is 1. The van der Waals surface area contributed by atoms with Gasteiger partial charge in [-0.1, -0.05) is 0 Å². The number of carbonyl (C=O) groups is 1. The number of rotatable bonds is 0. The van der Waals surface area contributed by atoms with Crippen molar-refractivity contribution in [1.29, 1.82) is 0 Å². The average Bonchev–Trinajstić information content (AvgIpc) is 2.25. The zero-order chi connectivity index (χ0) is 14.2. The van der Waals surface area contributed by atoms with Gasteiger partial charge in [0.15, 0.2) is 0 Å². The Morgan fingerprint density at radius 1 is 1.42 bits per heavy atom. The van der Waals surface area contributed by atoms with Crippen molar-refractivity contribution in [3.05, 3.63) is 22.2 Å². The molecule has 0 fully saturated rings. The first-order valence-corrected chi connectivity index (χ1v) is 7.12. The summed E-state index contributed by atoms with van der Waals surface area (Å²) in [5.41, 5.74) is 2.43. The standard InChI is InChI=1S/C14H19BrN2O2/c1-9-7-10(15)12-11(8-9)17(6-5-16-12)13(18)19-14(2,3)4/h7-8,16H,5-6H2,1-4H3. The van der Waals surface area contributed by atoms with Crippen molar-refractivity contribution in [2.45, 2.75) is 33.3 Å². The first-order valence-electron chi connectivity index (χ1n) is 6.32. The Bertz CT molecular complexity index is 509. The maximum Gasteiger partial charge on any atom is 0.414 e. The first kappa shape index (κ1) is 14.2. The molecule has 0 radical (unpaired) electrons. The Morgan fingerprint density at radius 2 is 2.11 bits per heavy atom. The summed E-state index contributed by atoms with van der Waals surface area (Å²) in [6, 6.07) is 4.03. The molecule has 0 aromatic heterocycles. The van der Waals surface area contributed by atoms with Crippen LogP contribution >= 0.6 is 15.9 Å². The zero-order valence-corrected chi connectivity index (χ0v) is 13.3. The third-order valence-electron chi connectivity index (χ3n) is 2.76. The minimum Gasteiger partial charge on any atom is -0.443 e. The molecule has 0 aliphatic carbocycles. The van der Waals surface area contributed by atoms with Gasteiger partial charge in [-0.3, -0.25) is 4.90 Å². The molecule has 1 amide bonds. The average molecular weight is 327 g/mol. The molecule has 0 saturated heterocycles. The van der Waals surface area contributed by atoms with Crippen LogP contribution in [-0.2, 0) is 4.74 Å². The summed E-state index contributed by atoms with van der Waals surface area (Å²) in [5.74, 6) is 0. The van der Waals surface area contributed by atoms with Gasteiger partial charge in [0.05, 0.1) is 11.4 Å². The molecule has 1 heterocycles. The number of hydrogen-bond donors (Lipinski definition) is 1. The highest BCUT2D eigenvalue weighted by Crippen LogP contribution is 2.37. The van der Waals surface area contributed by atoms with E-state index in [9.17, 15) is 4.79 Å². The second-order valence-electron chi connectivity index (χ2n) is 5.70. The second kappa shape index (κ2) is 5.04. The molecule has 0 saturated carbocycles. The Kier molecular flexibility index (Phi) is 3.76. The molecule has 4 nitrogen and oxygen atoms in total. The van der Waals surface area contributed by atoms with Crippen LogP contribution in [0.3, 0.4) is 0 Å². The summed E-state index contributed by atoms with van der Waals surface area (Å²) >= 11 is 3.53. The van der Waals surface area contributed by atoms with Gasteiger partial charge in [0.1, 0.15) is 5.60 Å². The third-order valence-corrected chi connectivity index (χ3v) is 3.38. The summed E-state index contributed by atoms with van der Waals surface area (Å²) in [4.78, 5) is 13.9. The first-order chi connectivity index (χ1) is 8.78. The van der Waals surface area contributed by atoms with Crippen LogP contribution in [0.2, 0.25) is 0 Å². The number of anilines is 2. The SMILES string of the molecule is Cc1cc(Br)c2c(c1)N(C(=O)OC(C)(C)C)CCN2. The molecule has 1 aromatic carbocycles. The summed E-state index contributed by atoms with van der Waals surface area (Å²) in [6.07, 6.45) is -0.298. The van der Waals surface area contributed by atoms with Crippen LogP contribution in [0.4, 0.5) is 16.2 Å². The highest BCUT2D eigenvalue weighted by Gasteiger charge is 2.28. The van der Waals surface area contributed by atoms with Crippen LogP contribution in [0.5, 0.6) is 0 Å². The fourth-order valence-corrected chi connectivity index (χ4v) is 2.74. The van der Waals surface area contributed by atoms with Crippen molar-refractivity contribution in [3.8, 4) is 0 Å². The molecule has 0 bridgehead atoms. The fraction of sp³-hybridized carbons (Fsp3) is 0.500. The van der Waals surface area contributed by atoms with E-state index in [0.29, 0.717) is 13.1 Å². The van der Waals surface area contributed by atoms with Crippen molar-refractivity contribution in [1.82, 2.24) is 0 Å². The molecule has 104 valence electrons. The Labute approximate surface area is 122 Å². The van der Waals surface area contributed by atoms with E-state index in [-0.39, 0.29) is 6.09 Å². The molecule has 1 aromatic rings. The molecule has 0 unspecified atom stereocenters. The van der Waals surface area contributed by atoms with Gasteiger partial charge in [-0.15, -0.1) is 0 Å². The number of benzene rings is 1. The van der Waals surface area contributed by atoms with Crippen molar-refractivity contribution in [2.24, 2.45) is 0 Å². The normalized spacial score (nSPS) is 14.7. The third kappa shape index (κ3) is 3.21. The van der Waals surface area contributed by atoms with Gasteiger partial charge in [0.25, 0.3) is 0 Å². The minimum atomic E-state index is -0.483. The molecule has 1 aliphatic rings. The Morgan fingerprint density at radius 3 is 2.74 bits per heavy atom. The smallest absolute Gasteiger partial charge is 0.414 e. The minimum absolute atomic E-state index is 0.298. The molecule has 0 spiro atoms. The van der Waals surface area contributed by atoms with Crippen LogP contribution in [0, 0.1) is 6.92 Å². The summed E-state index contributed by atoms with van der Waals surface area (Å²) in [6.45, 7) is 8.96. The maximum absolute atomic E-state index is 12.3. The van der Waals surface area contributed by atoms with Crippen molar-refractivity contribution in [2.75, 3.05) is 23.3 Å². The highest BCUT2D eigenvalue weighted by atomic mass is 79.9. The Hall–Kier alpha value is -1.23. The molecular formula is C14H19BrN2O2. The Balaban J connectivity index is 2.34. The summed E-state index contributed by atoms with van der Waals surface area (Å²) < 4.78 is 6.43. The van der Waals surface area contributed by atoms with E-state index in [2.05, 4.69) is 21.2 Å². The number of amides is 1. The summed E-state index contributed by atoms with van der Waals surface area (Å²) in [7, 11) is 0. The van der Waals surface area contributed by atoms with E-state index in [1.807, 2.05) is 39.8 Å². The topological polar surface area (TPSA) is 41.6 Å². The van der Waals surface area contributed by atoms with Crippen LogP contribution in [0.15, 0.2) is 16.6 Å². The number of hydrogen-bond acceptors (Lipinski definition) is 3. The largest absolute Gasteiger partial charge is 0.443 e. The van der Waals surface area contributed by atoms with Gasteiger partial charge < -0.3 is 10.1 Å². The van der Waals surface area contributed by atoms with Gasteiger partial charge in [-0.25, -0.2) is 4.79 Å². The molecule has 19 heavy (non-hydrogen) atoms. The second-order valence-corrected chi connectivity index (χ2v) is 6.55. The fourth-order valence-electron chi connectivity index (χ4n) is 2.03. The lowest BCUT2D eigenvalue weighted by Gasteiger charge is -2.33.